The minimum absolute atomic E-state index is 0.0991. The second kappa shape index (κ2) is 9.49. The summed E-state index contributed by atoms with van der Waals surface area (Å²) in [7, 11) is 0. The number of ether oxygens (including phenoxy) is 1. The van der Waals surface area contributed by atoms with E-state index in [0.29, 0.717) is 28.4 Å². The predicted molar refractivity (Wildman–Crippen MR) is 125 cm³/mol. The van der Waals surface area contributed by atoms with Gasteiger partial charge < -0.3 is 20.5 Å². The number of nitrogens with one attached hydrogen (secondary N) is 2. The summed E-state index contributed by atoms with van der Waals surface area (Å²) in [4.78, 5) is 27.8. The van der Waals surface area contributed by atoms with Crippen LogP contribution in [0.1, 0.15) is 15.2 Å². The van der Waals surface area contributed by atoms with Crippen LogP contribution in [-0.2, 0) is 0 Å². The van der Waals surface area contributed by atoms with Crippen molar-refractivity contribution in [2.24, 2.45) is 0 Å². The Hall–Kier alpha value is -4.24. The minimum atomic E-state index is -0.981. The van der Waals surface area contributed by atoms with Gasteiger partial charge in [0.1, 0.15) is 22.2 Å². The molecule has 0 fully saturated rings. The van der Waals surface area contributed by atoms with Crippen molar-refractivity contribution in [2.45, 2.75) is 6.92 Å². The number of pyridine rings is 1. The lowest BCUT2D eigenvalue weighted by molar-refractivity contribution is 0.0702. The normalized spacial score (nSPS) is 10.5. The average Bonchev–Trinajstić information content (AvgIpc) is 3.29. The van der Waals surface area contributed by atoms with E-state index >= 15 is 0 Å². The summed E-state index contributed by atoms with van der Waals surface area (Å²) in [5.74, 6) is -0.446. The van der Waals surface area contributed by atoms with E-state index in [1.54, 1.807) is 73.1 Å². The number of carbonyl (C=O) groups is 2. The highest BCUT2D eigenvalue weighted by molar-refractivity contribution is 7.12. The third kappa shape index (κ3) is 5.52. The molecule has 0 saturated heterocycles. The molecule has 0 aliphatic rings. The van der Waals surface area contributed by atoms with Crippen LogP contribution in [0.4, 0.5) is 20.6 Å². The molecule has 3 N–H and O–H groups in total. The lowest BCUT2D eigenvalue weighted by Gasteiger charge is -2.10. The second-order valence-corrected chi connectivity index (χ2v) is 7.98. The highest BCUT2D eigenvalue weighted by Crippen LogP contribution is 2.29. The van der Waals surface area contributed by atoms with Gasteiger partial charge >= 0.3 is 12.0 Å². The van der Waals surface area contributed by atoms with Crippen LogP contribution >= 0.6 is 11.3 Å². The zero-order valence-corrected chi connectivity index (χ0v) is 18.2. The fraction of sp³-hybridized carbons (Fsp3) is 0.0417. The van der Waals surface area contributed by atoms with Gasteiger partial charge in [-0.1, -0.05) is 6.07 Å². The van der Waals surface area contributed by atoms with E-state index < -0.39 is 17.8 Å². The summed E-state index contributed by atoms with van der Waals surface area (Å²) in [5, 5.41) is 15.9. The van der Waals surface area contributed by atoms with Gasteiger partial charge in [0.05, 0.1) is 11.4 Å². The van der Waals surface area contributed by atoms with Crippen molar-refractivity contribution in [3.05, 3.63) is 88.5 Å². The number of hydrogen-bond acceptors (Lipinski definition) is 5. The summed E-state index contributed by atoms with van der Waals surface area (Å²) in [6, 6.07) is 15.5. The standard InChI is InChI=1S/C24H18FN3O4S/c1-14-2-7-19(25)21(10-14)28-24(31)27-16-3-5-17(6-4-16)32-18-8-9-26-20(12-18)15-11-22(23(29)30)33-13-15/h2-13H,1H3,(H,29,30)(H2,27,28,31). The topological polar surface area (TPSA) is 101 Å². The van der Waals surface area contributed by atoms with Gasteiger partial charge in [0.15, 0.2) is 0 Å². The van der Waals surface area contributed by atoms with Crippen molar-refractivity contribution in [3.63, 3.8) is 0 Å². The van der Waals surface area contributed by atoms with E-state index in [9.17, 15) is 14.0 Å². The Morgan fingerprint density at radius 3 is 2.52 bits per heavy atom. The predicted octanol–water partition coefficient (Wildman–Crippen LogP) is 6.39. The fourth-order valence-corrected chi connectivity index (χ4v) is 3.72. The largest absolute Gasteiger partial charge is 0.477 e. The lowest BCUT2D eigenvalue weighted by atomic mass is 10.2. The molecule has 0 unspecified atom stereocenters. The van der Waals surface area contributed by atoms with Crippen molar-refractivity contribution < 1.29 is 23.8 Å². The molecule has 9 heteroatoms. The summed E-state index contributed by atoms with van der Waals surface area (Å²) in [6.45, 7) is 1.81. The first-order valence-corrected chi connectivity index (χ1v) is 10.7. The van der Waals surface area contributed by atoms with E-state index in [1.165, 1.54) is 6.07 Å². The molecule has 0 aliphatic heterocycles. The maximum absolute atomic E-state index is 13.8. The van der Waals surface area contributed by atoms with Gasteiger partial charge in [-0.25, -0.2) is 14.0 Å². The van der Waals surface area contributed by atoms with Crippen LogP contribution in [0.3, 0.4) is 0 Å². The molecule has 2 aromatic heterocycles. The number of amides is 2. The molecule has 4 rings (SSSR count). The van der Waals surface area contributed by atoms with E-state index in [0.717, 1.165) is 16.9 Å². The van der Waals surface area contributed by atoms with Crippen LogP contribution in [0.2, 0.25) is 0 Å². The molecule has 2 amide bonds. The molecule has 0 aliphatic carbocycles. The van der Waals surface area contributed by atoms with Crippen molar-refractivity contribution >= 4 is 34.7 Å². The first-order chi connectivity index (χ1) is 15.9. The quantitative estimate of drug-likeness (QED) is 0.308. The number of benzene rings is 2. The molecule has 166 valence electrons. The number of hydrogen-bond donors (Lipinski definition) is 3. The zero-order valence-electron chi connectivity index (χ0n) is 17.3. The molecule has 2 heterocycles. The van der Waals surface area contributed by atoms with Crippen LogP contribution in [-0.4, -0.2) is 22.1 Å². The molecule has 0 saturated carbocycles. The van der Waals surface area contributed by atoms with Crippen LogP contribution in [0.5, 0.6) is 11.5 Å². The lowest BCUT2D eigenvalue weighted by Crippen LogP contribution is -2.20. The Bertz CT molecular complexity index is 1320. The zero-order chi connectivity index (χ0) is 23.4. The molecule has 4 aromatic rings. The Labute approximate surface area is 192 Å². The maximum atomic E-state index is 13.8. The third-order valence-electron chi connectivity index (χ3n) is 4.56. The van der Waals surface area contributed by atoms with Gasteiger partial charge in [-0.15, -0.1) is 11.3 Å². The van der Waals surface area contributed by atoms with Crippen molar-refractivity contribution in [1.82, 2.24) is 4.98 Å². The van der Waals surface area contributed by atoms with Crippen LogP contribution in [0, 0.1) is 12.7 Å². The number of rotatable bonds is 6. The number of anilines is 2. The third-order valence-corrected chi connectivity index (χ3v) is 5.47. The van der Waals surface area contributed by atoms with Gasteiger partial charge in [0.25, 0.3) is 0 Å². The summed E-state index contributed by atoms with van der Waals surface area (Å²) >= 11 is 1.13. The number of aryl methyl sites for hydroxylation is 1. The number of carboxylic acid groups (broad SMARTS) is 1. The number of nitrogens with zero attached hydrogens (tertiary/aromatic N) is 1. The highest BCUT2D eigenvalue weighted by Gasteiger charge is 2.11. The number of thiophene rings is 1. The minimum Gasteiger partial charge on any atom is -0.477 e. The number of aromatic nitrogens is 1. The molecule has 2 aromatic carbocycles. The van der Waals surface area contributed by atoms with Crippen LogP contribution in [0.15, 0.2) is 72.2 Å². The first kappa shape index (κ1) is 22.0. The Kier molecular flexibility index (Phi) is 6.32. The van der Waals surface area contributed by atoms with Gasteiger partial charge in [0, 0.05) is 28.9 Å². The number of urea groups is 1. The van der Waals surface area contributed by atoms with Gasteiger partial charge in [-0.2, -0.15) is 0 Å². The van der Waals surface area contributed by atoms with Gasteiger partial charge in [-0.3, -0.25) is 4.98 Å². The number of halogens is 1. The smallest absolute Gasteiger partial charge is 0.345 e. The monoisotopic (exact) mass is 463 g/mol. The molecule has 0 radical (unpaired) electrons. The molecule has 7 nitrogen and oxygen atoms in total. The number of aromatic carboxylic acids is 1. The Morgan fingerprint density at radius 1 is 1.00 bits per heavy atom. The Morgan fingerprint density at radius 2 is 1.79 bits per heavy atom. The summed E-state index contributed by atoms with van der Waals surface area (Å²) in [5.41, 5.74) is 2.71. The first-order valence-electron chi connectivity index (χ1n) is 9.78. The molecule has 33 heavy (non-hydrogen) atoms. The molecule has 0 atom stereocenters. The second-order valence-electron chi connectivity index (χ2n) is 7.07. The van der Waals surface area contributed by atoms with Crippen molar-refractivity contribution in [3.8, 4) is 22.8 Å². The van der Waals surface area contributed by atoms with E-state index in [4.69, 9.17) is 9.84 Å². The highest BCUT2D eigenvalue weighted by atomic mass is 32.1. The van der Waals surface area contributed by atoms with Gasteiger partial charge in [0.2, 0.25) is 0 Å². The molecular formula is C24H18FN3O4S. The van der Waals surface area contributed by atoms with Crippen molar-refractivity contribution in [2.75, 3.05) is 10.6 Å². The maximum Gasteiger partial charge on any atom is 0.345 e. The van der Waals surface area contributed by atoms with Crippen LogP contribution in [0.25, 0.3) is 11.3 Å². The summed E-state index contributed by atoms with van der Waals surface area (Å²) < 4.78 is 19.7. The van der Waals surface area contributed by atoms with E-state index in [2.05, 4.69) is 15.6 Å². The van der Waals surface area contributed by atoms with E-state index in [1.807, 2.05) is 0 Å². The molecule has 0 spiro atoms. The van der Waals surface area contributed by atoms with E-state index in [-0.39, 0.29) is 10.6 Å². The summed E-state index contributed by atoms with van der Waals surface area (Å²) in [6.07, 6.45) is 1.58. The number of carboxylic acids is 1. The molecular weight excluding hydrogens is 445 g/mol. The SMILES string of the molecule is Cc1ccc(F)c(NC(=O)Nc2ccc(Oc3ccnc(-c4csc(C(=O)O)c4)c3)cc2)c1. The average molecular weight is 463 g/mol. The van der Waals surface area contributed by atoms with Crippen LogP contribution < -0.4 is 15.4 Å². The fourth-order valence-electron chi connectivity index (χ4n) is 2.98. The van der Waals surface area contributed by atoms with Gasteiger partial charge in [-0.05, 0) is 61.0 Å². The molecule has 0 bridgehead atoms. The van der Waals surface area contributed by atoms with Crippen molar-refractivity contribution in [1.29, 1.82) is 0 Å². The number of carbonyl (C=O) groups excluding carboxylic acids is 1. The Balaban J connectivity index is 1.40.